The maximum absolute atomic E-state index is 13.2. The number of nitrogens with zero attached hydrogens (tertiary/aromatic N) is 3. The average Bonchev–Trinajstić information content (AvgIpc) is 2.91. The summed E-state index contributed by atoms with van der Waals surface area (Å²) in [7, 11) is 1.82. The predicted molar refractivity (Wildman–Crippen MR) is 150 cm³/mol. The normalized spacial score (nSPS) is 11.2. The lowest BCUT2D eigenvalue weighted by Gasteiger charge is -2.16. The van der Waals surface area contributed by atoms with Gasteiger partial charge in [0.15, 0.2) is 5.78 Å². The molecule has 0 fully saturated rings. The van der Waals surface area contributed by atoms with Gasteiger partial charge in [-0.15, -0.1) is 0 Å². The monoisotopic (exact) mass is 493 g/mol. The van der Waals surface area contributed by atoms with Gasteiger partial charge in [0.25, 0.3) is 5.91 Å². The number of rotatable bonds is 10. The number of hydrogen-bond donors (Lipinski definition) is 0. The van der Waals surface area contributed by atoms with Crippen molar-refractivity contribution in [1.82, 2.24) is 14.9 Å². The maximum Gasteiger partial charge on any atom is 0.272 e. The second-order valence-corrected chi connectivity index (χ2v) is 10.1. The van der Waals surface area contributed by atoms with Crippen molar-refractivity contribution < 1.29 is 9.59 Å². The Morgan fingerprint density at radius 1 is 0.919 bits per heavy atom. The molecule has 1 amide bonds. The summed E-state index contributed by atoms with van der Waals surface area (Å²) in [5.41, 5.74) is 6.03. The van der Waals surface area contributed by atoms with Crippen molar-refractivity contribution in [2.75, 3.05) is 13.6 Å². The molecule has 2 aromatic carbocycles. The lowest BCUT2D eigenvalue weighted by atomic mass is 9.91. The molecule has 0 aliphatic heterocycles. The van der Waals surface area contributed by atoms with Crippen molar-refractivity contribution in [1.29, 1.82) is 0 Å². The Hall–Kier alpha value is -3.86. The van der Waals surface area contributed by atoms with Crippen LogP contribution >= 0.6 is 0 Å². The Morgan fingerprint density at radius 3 is 2.35 bits per heavy atom. The zero-order valence-corrected chi connectivity index (χ0v) is 22.2. The van der Waals surface area contributed by atoms with Crippen molar-refractivity contribution in [2.45, 2.75) is 46.5 Å². The summed E-state index contributed by atoms with van der Waals surface area (Å²) < 4.78 is 0. The van der Waals surface area contributed by atoms with Gasteiger partial charge in [-0.05, 0) is 53.6 Å². The number of unbranched alkanes of at least 4 members (excludes halogenated alkanes) is 1. The largest absolute Gasteiger partial charge is 0.340 e. The molecule has 4 aromatic rings. The highest BCUT2D eigenvalue weighted by atomic mass is 16.2. The first-order valence-electron chi connectivity index (χ1n) is 13.1. The van der Waals surface area contributed by atoms with Gasteiger partial charge < -0.3 is 4.90 Å². The van der Waals surface area contributed by atoms with E-state index in [0.29, 0.717) is 24.1 Å². The van der Waals surface area contributed by atoms with E-state index >= 15 is 0 Å². The van der Waals surface area contributed by atoms with Gasteiger partial charge in [-0.3, -0.25) is 19.6 Å². The lowest BCUT2D eigenvalue weighted by Crippen LogP contribution is -2.28. The van der Waals surface area contributed by atoms with Crippen LogP contribution in [0.4, 0.5) is 0 Å². The van der Waals surface area contributed by atoms with Crippen LogP contribution in [0.2, 0.25) is 0 Å². The molecule has 0 saturated carbocycles. The molecule has 190 valence electrons. The minimum Gasteiger partial charge on any atom is -0.340 e. The molecule has 0 unspecified atom stereocenters. The summed E-state index contributed by atoms with van der Waals surface area (Å²) >= 11 is 0. The summed E-state index contributed by atoms with van der Waals surface area (Å²) in [6.45, 7) is 6.95. The van der Waals surface area contributed by atoms with Crippen LogP contribution in [0.25, 0.3) is 22.0 Å². The third-order valence-electron chi connectivity index (χ3n) is 6.61. The molecule has 4 rings (SSSR count). The fraction of sp³-hybridized carbons (Fsp3) is 0.312. The highest BCUT2D eigenvalue weighted by molar-refractivity contribution is 6.02. The number of aromatic nitrogens is 2. The molecule has 2 heterocycles. The minimum atomic E-state index is -0.0684. The Bertz CT molecular complexity index is 1380. The van der Waals surface area contributed by atoms with Crippen LogP contribution in [0.5, 0.6) is 0 Å². The molecule has 0 spiro atoms. The topological polar surface area (TPSA) is 63.2 Å². The highest BCUT2D eigenvalue weighted by Gasteiger charge is 2.18. The van der Waals surface area contributed by atoms with Crippen LogP contribution in [-0.2, 0) is 6.42 Å². The van der Waals surface area contributed by atoms with E-state index in [-0.39, 0.29) is 17.6 Å². The van der Waals surface area contributed by atoms with Crippen molar-refractivity contribution in [3.05, 3.63) is 95.4 Å². The molecule has 0 bridgehead atoms. The molecular weight excluding hydrogens is 458 g/mol. The number of pyridine rings is 2. The van der Waals surface area contributed by atoms with Gasteiger partial charge in [0.2, 0.25) is 0 Å². The number of hydrogen-bond acceptors (Lipinski definition) is 4. The second kappa shape index (κ2) is 11.9. The number of fused-ring (bicyclic) bond motifs is 1. The standard InChI is InChI=1S/C32H35N3O2/c1-5-6-16-35(4)32(37)30-15-13-25(20-33-30)24-12-14-29-27(19-24)26(18-23-10-8-7-9-11-23)28(21-34-29)31(36)17-22(2)3/h7-15,19-22H,5-6,16-18H2,1-4H3. The number of ketones is 1. The summed E-state index contributed by atoms with van der Waals surface area (Å²) in [6, 6.07) is 20.0. The van der Waals surface area contributed by atoms with Crippen LogP contribution in [0.1, 0.15) is 72.0 Å². The second-order valence-electron chi connectivity index (χ2n) is 10.1. The fourth-order valence-corrected chi connectivity index (χ4v) is 4.52. The molecule has 37 heavy (non-hydrogen) atoms. The van der Waals surface area contributed by atoms with Crippen molar-refractivity contribution >= 4 is 22.6 Å². The maximum atomic E-state index is 13.2. The number of benzene rings is 2. The molecule has 0 radical (unpaired) electrons. The van der Waals surface area contributed by atoms with Crippen LogP contribution in [0, 0.1) is 5.92 Å². The summed E-state index contributed by atoms with van der Waals surface area (Å²) in [5.74, 6) is 0.325. The van der Waals surface area contributed by atoms with E-state index < -0.39 is 0 Å². The van der Waals surface area contributed by atoms with Gasteiger partial charge in [0.1, 0.15) is 5.69 Å². The van der Waals surface area contributed by atoms with Gasteiger partial charge in [0, 0.05) is 48.9 Å². The number of Topliss-reactive ketones (excluding diaryl/α,β-unsaturated/α-hetero) is 1. The number of amides is 1. The lowest BCUT2D eigenvalue weighted by molar-refractivity contribution is 0.0787. The van der Waals surface area contributed by atoms with Gasteiger partial charge in [0.05, 0.1) is 5.52 Å². The third kappa shape index (κ3) is 6.29. The van der Waals surface area contributed by atoms with E-state index in [1.807, 2.05) is 43.4 Å². The smallest absolute Gasteiger partial charge is 0.272 e. The van der Waals surface area contributed by atoms with E-state index in [9.17, 15) is 9.59 Å². The van der Waals surface area contributed by atoms with Gasteiger partial charge in [-0.1, -0.05) is 69.7 Å². The van der Waals surface area contributed by atoms with Crippen LogP contribution < -0.4 is 0 Å². The number of carbonyl (C=O) groups is 2. The van der Waals surface area contributed by atoms with Crippen LogP contribution in [-0.4, -0.2) is 40.2 Å². The van der Waals surface area contributed by atoms with Gasteiger partial charge in [-0.2, -0.15) is 0 Å². The molecule has 0 atom stereocenters. The predicted octanol–water partition coefficient (Wildman–Crippen LogP) is 6.99. The van der Waals surface area contributed by atoms with Crippen molar-refractivity contribution in [3.63, 3.8) is 0 Å². The fourth-order valence-electron chi connectivity index (χ4n) is 4.52. The molecule has 5 heteroatoms. The van der Waals surface area contributed by atoms with E-state index in [4.69, 9.17) is 0 Å². The first-order chi connectivity index (χ1) is 17.9. The van der Waals surface area contributed by atoms with Crippen LogP contribution in [0.3, 0.4) is 0 Å². The summed E-state index contributed by atoms with van der Waals surface area (Å²) in [6.07, 6.45) is 6.64. The molecule has 0 saturated heterocycles. The SMILES string of the molecule is CCCCN(C)C(=O)c1ccc(-c2ccc3ncc(C(=O)CC(C)C)c(Cc4ccccc4)c3c2)cn1. The Labute approximate surface area is 219 Å². The molecule has 0 aliphatic carbocycles. The third-order valence-corrected chi connectivity index (χ3v) is 6.61. The average molecular weight is 494 g/mol. The van der Waals surface area contributed by atoms with Crippen LogP contribution in [0.15, 0.2) is 73.1 Å². The Balaban J connectivity index is 1.73. The highest BCUT2D eigenvalue weighted by Crippen LogP contribution is 2.30. The van der Waals surface area contributed by atoms with Gasteiger partial charge in [-0.25, -0.2) is 0 Å². The van der Waals surface area contributed by atoms with E-state index in [1.165, 1.54) is 0 Å². The first-order valence-corrected chi connectivity index (χ1v) is 13.1. The van der Waals surface area contributed by atoms with E-state index in [0.717, 1.165) is 52.5 Å². The first kappa shape index (κ1) is 26.2. The van der Waals surface area contributed by atoms with Crippen molar-refractivity contribution in [3.8, 4) is 11.1 Å². The zero-order valence-electron chi connectivity index (χ0n) is 22.2. The zero-order chi connectivity index (χ0) is 26.4. The molecule has 2 aromatic heterocycles. The summed E-state index contributed by atoms with van der Waals surface area (Å²) in [4.78, 5) is 36.7. The quantitative estimate of drug-likeness (QED) is 0.223. The minimum absolute atomic E-state index is 0.0684. The molecule has 0 aliphatic rings. The van der Waals surface area contributed by atoms with E-state index in [1.54, 1.807) is 23.4 Å². The molecular formula is C32H35N3O2. The Kier molecular flexibility index (Phi) is 8.44. The van der Waals surface area contributed by atoms with E-state index in [2.05, 4.69) is 48.9 Å². The molecule has 0 N–H and O–H groups in total. The summed E-state index contributed by atoms with van der Waals surface area (Å²) in [5, 5.41) is 0.968. The van der Waals surface area contributed by atoms with Crippen molar-refractivity contribution in [2.24, 2.45) is 5.92 Å². The number of carbonyl (C=O) groups excluding carboxylic acids is 2. The van der Waals surface area contributed by atoms with Gasteiger partial charge >= 0.3 is 0 Å². The molecule has 5 nitrogen and oxygen atoms in total. The Morgan fingerprint density at radius 2 is 1.68 bits per heavy atom.